The maximum atomic E-state index is 10.4. The molecule has 0 spiro atoms. The van der Waals surface area contributed by atoms with Gasteiger partial charge in [-0.15, -0.1) is 0 Å². The lowest BCUT2D eigenvalue weighted by atomic mass is 10.2. The fourth-order valence-corrected chi connectivity index (χ4v) is 1.68. The van der Waals surface area contributed by atoms with Gasteiger partial charge in [0.25, 0.3) is 0 Å². The first-order valence-electron chi connectivity index (χ1n) is 6.52. The second-order valence-corrected chi connectivity index (χ2v) is 4.72. The molecule has 0 bridgehead atoms. The predicted molar refractivity (Wildman–Crippen MR) is 74.8 cm³/mol. The molecule has 0 radical (unpaired) electrons. The van der Waals surface area contributed by atoms with Gasteiger partial charge in [0, 0.05) is 6.42 Å². The number of hydrogen-bond acceptors (Lipinski definition) is 4. The fraction of sp³-hybridized carbons (Fsp3) is 0.400. The van der Waals surface area contributed by atoms with Crippen molar-refractivity contribution in [1.29, 1.82) is 0 Å². The van der Waals surface area contributed by atoms with E-state index >= 15 is 0 Å². The van der Waals surface area contributed by atoms with E-state index < -0.39 is 5.97 Å². The molecule has 0 saturated heterocycles. The Bertz CT molecular complexity index is 469. The van der Waals surface area contributed by atoms with Crippen LogP contribution in [0.3, 0.4) is 0 Å². The van der Waals surface area contributed by atoms with Crippen molar-refractivity contribution in [2.45, 2.75) is 6.42 Å². The van der Waals surface area contributed by atoms with Gasteiger partial charge in [0.2, 0.25) is 0 Å². The number of hydrogen-bond donors (Lipinski definition) is 1. The van der Waals surface area contributed by atoms with Crippen LogP contribution in [0.1, 0.15) is 12.0 Å². The van der Waals surface area contributed by atoms with Gasteiger partial charge in [-0.3, -0.25) is 0 Å². The summed E-state index contributed by atoms with van der Waals surface area (Å²) in [7, 11) is 5.75. The lowest BCUT2D eigenvalue weighted by Crippen LogP contribution is -3.05. The first-order valence-corrected chi connectivity index (χ1v) is 6.52. The molecule has 0 aliphatic carbocycles. The zero-order valence-corrected chi connectivity index (χ0v) is 12.1. The van der Waals surface area contributed by atoms with Gasteiger partial charge in [-0.1, -0.05) is 12.1 Å². The highest BCUT2D eigenvalue weighted by molar-refractivity contribution is 5.83. The van der Waals surface area contributed by atoms with Gasteiger partial charge in [-0.2, -0.15) is 0 Å². The number of methoxy groups -OCH3 is 1. The minimum Gasteiger partial charge on any atom is -0.545 e. The number of nitrogens with one attached hydrogen (secondary N) is 1. The maximum absolute atomic E-state index is 10.4. The summed E-state index contributed by atoms with van der Waals surface area (Å²) in [4.78, 5) is 11.8. The van der Waals surface area contributed by atoms with E-state index in [-0.39, 0.29) is 0 Å². The second kappa shape index (κ2) is 8.22. The number of aliphatic carboxylic acids is 1. The van der Waals surface area contributed by atoms with Crippen molar-refractivity contribution in [2.75, 3.05) is 34.4 Å². The summed E-state index contributed by atoms with van der Waals surface area (Å²) in [5, 5.41) is 10.4. The molecule has 0 amide bonds. The number of ether oxygens (including phenoxy) is 2. The summed E-state index contributed by atoms with van der Waals surface area (Å²) in [5.74, 6) is 0.0202. The molecular formula is C15H21NO4. The lowest BCUT2D eigenvalue weighted by Gasteiger charge is -2.12. The Hall–Kier alpha value is -2.01. The highest BCUT2D eigenvalue weighted by atomic mass is 16.5. The second-order valence-electron chi connectivity index (χ2n) is 4.72. The smallest absolute Gasteiger partial charge is 0.161 e. The molecule has 20 heavy (non-hydrogen) atoms. The molecular weight excluding hydrogens is 258 g/mol. The van der Waals surface area contributed by atoms with Crippen molar-refractivity contribution < 1.29 is 24.3 Å². The van der Waals surface area contributed by atoms with Crippen LogP contribution in [0.5, 0.6) is 11.5 Å². The standard InChI is InChI=1S/C15H21NO4/c1-16(2)9-4-10-20-14-11-12(6-8-15(17)18)5-7-13(14)19-3/h5-8,11H,4,9-10H2,1-3H3,(H,17,18)/b8-6+. The third-order valence-electron chi connectivity index (χ3n) is 2.68. The van der Waals surface area contributed by atoms with Crippen molar-refractivity contribution in [3.8, 4) is 11.5 Å². The van der Waals surface area contributed by atoms with Crippen LogP contribution < -0.4 is 19.5 Å². The third kappa shape index (κ3) is 5.75. The van der Waals surface area contributed by atoms with Gasteiger partial charge >= 0.3 is 0 Å². The van der Waals surface area contributed by atoms with Crippen LogP contribution >= 0.6 is 0 Å². The molecule has 5 nitrogen and oxygen atoms in total. The minimum absolute atomic E-state index is 0.592. The van der Waals surface area contributed by atoms with Crippen LogP contribution in [0, 0.1) is 0 Å². The Kier molecular flexibility index (Phi) is 6.59. The Balaban J connectivity index is 2.70. The number of carbonyl (C=O) groups is 1. The van der Waals surface area contributed by atoms with Crippen LogP contribution in [-0.2, 0) is 4.79 Å². The van der Waals surface area contributed by atoms with Crippen LogP contribution in [0.15, 0.2) is 24.3 Å². The van der Waals surface area contributed by atoms with E-state index in [1.165, 1.54) is 11.0 Å². The van der Waals surface area contributed by atoms with Crippen molar-refractivity contribution >= 4 is 12.0 Å². The van der Waals surface area contributed by atoms with Gasteiger partial charge in [0.15, 0.2) is 11.5 Å². The van der Waals surface area contributed by atoms with Gasteiger partial charge < -0.3 is 24.3 Å². The summed E-state index contributed by atoms with van der Waals surface area (Å²) in [6.07, 6.45) is 3.39. The molecule has 1 aromatic rings. The molecule has 0 aromatic heterocycles. The Labute approximate surface area is 119 Å². The van der Waals surface area contributed by atoms with Crippen LogP contribution in [0.4, 0.5) is 0 Å². The lowest BCUT2D eigenvalue weighted by molar-refractivity contribution is -0.858. The molecule has 1 rings (SSSR count). The number of benzene rings is 1. The van der Waals surface area contributed by atoms with Gasteiger partial charge in [-0.25, -0.2) is 0 Å². The molecule has 1 aromatic carbocycles. The number of carboxylic acids is 1. The Morgan fingerprint density at radius 2 is 2.10 bits per heavy atom. The molecule has 0 heterocycles. The molecule has 0 atom stereocenters. The molecule has 0 saturated carbocycles. The molecule has 0 fully saturated rings. The van der Waals surface area contributed by atoms with Crippen LogP contribution in [0.2, 0.25) is 0 Å². The van der Waals surface area contributed by atoms with Crippen molar-refractivity contribution in [3.05, 3.63) is 29.8 Å². The topological polar surface area (TPSA) is 63.0 Å². The average Bonchev–Trinajstić information content (AvgIpc) is 2.41. The van der Waals surface area contributed by atoms with Crippen molar-refractivity contribution in [1.82, 2.24) is 0 Å². The molecule has 0 unspecified atom stereocenters. The fourth-order valence-electron chi connectivity index (χ4n) is 1.68. The van der Waals surface area contributed by atoms with Crippen molar-refractivity contribution in [3.63, 3.8) is 0 Å². The monoisotopic (exact) mass is 279 g/mol. The summed E-state index contributed by atoms with van der Waals surface area (Å²) in [6, 6.07) is 5.26. The highest BCUT2D eigenvalue weighted by Crippen LogP contribution is 2.28. The van der Waals surface area contributed by atoms with Crippen molar-refractivity contribution in [2.24, 2.45) is 0 Å². The molecule has 110 valence electrons. The van der Waals surface area contributed by atoms with E-state index in [0.717, 1.165) is 24.6 Å². The number of carboxylic acid groups (broad SMARTS) is 1. The quantitative estimate of drug-likeness (QED) is 0.508. The van der Waals surface area contributed by atoms with Crippen LogP contribution in [-0.4, -0.2) is 40.3 Å². The Morgan fingerprint density at radius 3 is 2.70 bits per heavy atom. The van der Waals surface area contributed by atoms with E-state index in [1.54, 1.807) is 25.3 Å². The average molecular weight is 279 g/mol. The molecule has 5 heteroatoms. The van der Waals surface area contributed by atoms with Gasteiger partial charge in [-0.05, 0) is 23.8 Å². The number of carbonyl (C=O) groups excluding carboxylic acids is 1. The molecule has 0 aliphatic rings. The Morgan fingerprint density at radius 1 is 1.35 bits per heavy atom. The van der Waals surface area contributed by atoms with Crippen LogP contribution in [0.25, 0.3) is 6.08 Å². The van der Waals surface area contributed by atoms with Gasteiger partial charge in [0.05, 0.1) is 40.3 Å². The first-order chi connectivity index (χ1) is 9.52. The largest absolute Gasteiger partial charge is 0.545 e. The van der Waals surface area contributed by atoms with E-state index in [9.17, 15) is 9.90 Å². The zero-order chi connectivity index (χ0) is 15.0. The van der Waals surface area contributed by atoms with E-state index in [1.807, 2.05) is 0 Å². The summed E-state index contributed by atoms with van der Waals surface area (Å²) in [6.45, 7) is 1.61. The summed E-state index contributed by atoms with van der Waals surface area (Å²) in [5.41, 5.74) is 0.725. The van der Waals surface area contributed by atoms with E-state index in [2.05, 4.69) is 14.1 Å². The summed E-state index contributed by atoms with van der Waals surface area (Å²) >= 11 is 0. The van der Waals surface area contributed by atoms with E-state index in [4.69, 9.17) is 9.47 Å². The van der Waals surface area contributed by atoms with E-state index in [0.29, 0.717) is 18.1 Å². The first kappa shape index (κ1) is 16.0. The number of quaternary nitrogens is 1. The normalized spacial score (nSPS) is 11.0. The third-order valence-corrected chi connectivity index (χ3v) is 2.68. The predicted octanol–water partition coefficient (Wildman–Crippen LogP) is -0.628. The summed E-state index contributed by atoms with van der Waals surface area (Å²) < 4.78 is 10.9. The van der Waals surface area contributed by atoms with Gasteiger partial charge in [0.1, 0.15) is 0 Å². The SMILES string of the molecule is COc1ccc(/C=C/C(=O)[O-])cc1OCCC[NH+](C)C. The molecule has 1 N–H and O–H groups in total. The maximum Gasteiger partial charge on any atom is 0.161 e. The number of rotatable bonds is 8. The minimum atomic E-state index is -1.22. The zero-order valence-electron chi connectivity index (χ0n) is 12.1. The molecule has 0 aliphatic heterocycles. The highest BCUT2D eigenvalue weighted by Gasteiger charge is 2.05.